The maximum absolute atomic E-state index is 9.14. The van der Waals surface area contributed by atoms with E-state index in [9.17, 15) is 0 Å². The lowest BCUT2D eigenvalue weighted by atomic mass is 9.92. The van der Waals surface area contributed by atoms with Crippen molar-refractivity contribution >= 4 is 5.65 Å². The summed E-state index contributed by atoms with van der Waals surface area (Å²) in [5.74, 6) is 0.412. The summed E-state index contributed by atoms with van der Waals surface area (Å²) in [5, 5.41) is 9.14. The Morgan fingerprint density at radius 3 is 2.18 bits per heavy atom. The summed E-state index contributed by atoms with van der Waals surface area (Å²) in [6.07, 6.45) is 7.88. The van der Waals surface area contributed by atoms with Gasteiger partial charge in [0.05, 0.1) is 30.0 Å². The van der Waals surface area contributed by atoms with E-state index in [4.69, 9.17) is 15.0 Å². The molecule has 38 heavy (non-hydrogen) atoms. The Morgan fingerprint density at radius 2 is 1.63 bits per heavy atom. The third-order valence-corrected chi connectivity index (χ3v) is 6.75. The zero-order valence-electron chi connectivity index (χ0n) is 24.0. The topological polar surface area (TPSA) is 66.5 Å². The largest absolute Gasteiger partial charge is 0.468 e. The highest BCUT2D eigenvalue weighted by atomic mass is 16.5. The van der Waals surface area contributed by atoms with E-state index in [0.29, 0.717) is 17.5 Å². The van der Waals surface area contributed by atoms with Gasteiger partial charge in [0.1, 0.15) is 0 Å². The van der Waals surface area contributed by atoms with Gasteiger partial charge in [0.25, 0.3) is 0 Å². The third-order valence-electron chi connectivity index (χ3n) is 6.75. The molecule has 6 nitrogen and oxygen atoms in total. The van der Waals surface area contributed by atoms with Crippen LogP contribution in [0.1, 0.15) is 69.6 Å². The molecule has 5 rings (SSSR count). The van der Waals surface area contributed by atoms with Crippen LogP contribution in [0.3, 0.4) is 0 Å². The van der Waals surface area contributed by atoms with Crippen LogP contribution in [0.15, 0.2) is 54.9 Å². The second-order valence-electron chi connectivity index (χ2n) is 9.72. The molecule has 0 bridgehead atoms. The van der Waals surface area contributed by atoms with E-state index in [1.54, 1.807) is 25.4 Å². The first-order valence-corrected chi connectivity index (χ1v) is 13.6. The zero-order chi connectivity index (χ0) is 27.7. The van der Waals surface area contributed by atoms with Crippen LogP contribution in [0.25, 0.3) is 28.0 Å². The van der Waals surface area contributed by atoms with Crippen LogP contribution in [0.5, 0.6) is 6.01 Å². The molecule has 0 N–H and O–H groups in total. The number of nitriles is 1. The number of imidazole rings is 1. The summed E-state index contributed by atoms with van der Waals surface area (Å²) in [7, 11) is 3.80. The molecule has 1 fully saturated rings. The second-order valence-corrected chi connectivity index (χ2v) is 9.72. The van der Waals surface area contributed by atoms with Gasteiger partial charge in [0, 0.05) is 18.0 Å². The van der Waals surface area contributed by atoms with Gasteiger partial charge in [-0.25, -0.2) is 4.98 Å². The van der Waals surface area contributed by atoms with Gasteiger partial charge in [-0.2, -0.15) is 10.2 Å². The summed E-state index contributed by atoms with van der Waals surface area (Å²) >= 11 is 0. The van der Waals surface area contributed by atoms with E-state index >= 15 is 0 Å². The minimum absolute atomic E-state index is 0.412. The molecule has 0 radical (unpaired) electrons. The number of ether oxygens (including phenoxy) is 1. The zero-order valence-corrected chi connectivity index (χ0v) is 24.0. The summed E-state index contributed by atoms with van der Waals surface area (Å²) in [4.78, 5) is 11.8. The molecule has 0 saturated carbocycles. The predicted octanol–water partition coefficient (Wildman–Crippen LogP) is 7.50. The maximum Gasteiger partial charge on any atom is 0.302 e. The highest BCUT2D eigenvalue weighted by Gasteiger charge is 2.20. The molecule has 0 spiro atoms. The molecule has 0 aliphatic carbocycles. The fraction of sp³-hybridized carbons (Fsp3) is 0.406. The predicted molar refractivity (Wildman–Crippen MR) is 157 cm³/mol. The highest BCUT2D eigenvalue weighted by Crippen LogP contribution is 2.37. The summed E-state index contributed by atoms with van der Waals surface area (Å²) in [6.45, 7) is 13.2. The first kappa shape index (κ1) is 28.9. The highest BCUT2D eigenvalue weighted by molar-refractivity contribution is 5.90. The van der Waals surface area contributed by atoms with Crippen LogP contribution in [0, 0.1) is 18.3 Å². The fourth-order valence-corrected chi connectivity index (χ4v) is 4.75. The normalized spacial score (nSPS) is 13.2. The van der Waals surface area contributed by atoms with E-state index in [1.807, 2.05) is 36.6 Å². The van der Waals surface area contributed by atoms with Crippen LogP contribution in [-0.4, -0.2) is 46.5 Å². The smallest absolute Gasteiger partial charge is 0.302 e. The molecule has 2 aromatic heterocycles. The summed E-state index contributed by atoms with van der Waals surface area (Å²) in [5.41, 5.74) is 7.67. The van der Waals surface area contributed by atoms with Gasteiger partial charge >= 0.3 is 6.01 Å². The Kier molecular flexibility index (Phi) is 10.4. The van der Waals surface area contributed by atoms with Crippen molar-refractivity contribution in [3.63, 3.8) is 0 Å². The molecule has 1 saturated heterocycles. The molecule has 200 valence electrons. The first-order valence-electron chi connectivity index (χ1n) is 13.6. The van der Waals surface area contributed by atoms with Crippen LogP contribution < -0.4 is 4.74 Å². The van der Waals surface area contributed by atoms with Crippen molar-refractivity contribution in [3.8, 4) is 34.5 Å². The van der Waals surface area contributed by atoms with E-state index in [2.05, 4.69) is 62.0 Å². The number of aromatic nitrogens is 3. The van der Waals surface area contributed by atoms with Crippen molar-refractivity contribution < 1.29 is 4.74 Å². The average molecular weight is 512 g/mol. The number of likely N-dealkylation sites (tertiary alicyclic amines) is 1. The second kappa shape index (κ2) is 13.7. The molecule has 1 aliphatic rings. The van der Waals surface area contributed by atoms with Crippen LogP contribution in [0.4, 0.5) is 0 Å². The lowest BCUT2D eigenvalue weighted by Gasteiger charge is -2.20. The molecule has 6 heteroatoms. The fourth-order valence-electron chi connectivity index (χ4n) is 4.75. The summed E-state index contributed by atoms with van der Waals surface area (Å²) in [6, 6.07) is 16.6. The Bertz CT molecular complexity index is 1360. The van der Waals surface area contributed by atoms with Crippen molar-refractivity contribution in [3.05, 3.63) is 71.5 Å². The SMILES string of the molecule is CC.CN1CCCCC1.COc1nc(-c2ccc(C#N)cc2)c(-c2ccc(C)c(C(C)C)c2)c2nccn12. The minimum atomic E-state index is 0.412. The van der Waals surface area contributed by atoms with Gasteiger partial charge in [-0.05, 0) is 74.6 Å². The van der Waals surface area contributed by atoms with Gasteiger partial charge < -0.3 is 9.64 Å². The number of hydrogen-bond donors (Lipinski definition) is 0. The van der Waals surface area contributed by atoms with Crippen molar-refractivity contribution in [1.29, 1.82) is 5.26 Å². The third kappa shape index (κ3) is 6.59. The molecule has 3 heterocycles. The molecule has 1 aliphatic heterocycles. The minimum Gasteiger partial charge on any atom is -0.468 e. The van der Waals surface area contributed by atoms with E-state index in [1.165, 1.54) is 43.5 Å². The standard InChI is InChI=1S/C24H22N4O.C6H13N.C2H6/c1-15(2)20-13-19(8-5-16(20)3)21-22(18-9-6-17(14-25)7-10-18)27-24(29-4)28-12-11-26-23(21)28;1-7-5-3-2-4-6-7;1-2/h5-13,15H,1-4H3;2-6H2,1H3;1-2H3. The molecular weight excluding hydrogens is 470 g/mol. The van der Waals surface area contributed by atoms with Crippen molar-refractivity contribution in [1.82, 2.24) is 19.3 Å². The molecule has 0 atom stereocenters. The number of nitrogens with zero attached hydrogens (tertiary/aromatic N) is 5. The van der Waals surface area contributed by atoms with Gasteiger partial charge in [0.15, 0.2) is 5.65 Å². The van der Waals surface area contributed by atoms with Gasteiger partial charge in [-0.15, -0.1) is 0 Å². The number of aryl methyl sites for hydroxylation is 1. The van der Waals surface area contributed by atoms with Crippen molar-refractivity contribution in [2.24, 2.45) is 0 Å². The monoisotopic (exact) mass is 511 g/mol. The molecule has 2 aromatic carbocycles. The molecule has 4 aromatic rings. The number of piperidine rings is 1. The van der Waals surface area contributed by atoms with Crippen LogP contribution >= 0.6 is 0 Å². The first-order chi connectivity index (χ1) is 18.4. The Morgan fingerprint density at radius 1 is 0.974 bits per heavy atom. The van der Waals surface area contributed by atoms with E-state index < -0.39 is 0 Å². The maximum atomic E-state index is 9.14. The quantitative estimate of drug-likeness (QED) is 0.284. The Balaban J connectivity index is 0.000000381. The molecule has 0 unspecified atom stereocenters. The number of benzene rings is 2. The van der Waals surface area contributed by atoms with Crippen LogP contribution in [-0.2, 0) is 0 Å². The number of methoxy groups -OCH3 is 1. The van der Waals surface area contributed by atoms with Gasteiger partial charge in [0.2, 0.25) is 0 Å². The number of hydrogen-bond acceptors (Lipinski definition) is 5. The molecule has 0 amide bonds. The van der Waals surface area contributed by atoms with Crippen molar-refractivity contribution in [2.45, 2.75) is 59.8 Å². The average Bonchev–Trinajstić information content (AvgIpc) is 3.44. The van der Waals surface area contributed by atoms with E-state index in [-0.39, 0.29) is 0 Å². The molecular formula is C32H41N5O. The lowest BCUT2D eigenvalue weighted by molar-refractivity contribution is 0.277. The van der Waals surface area contributed by atoms with Crippen molar-refractivity contribution in [2.75, 3.05) is 27.2 Å². The van der Waals surface area contributed by atoms with E-state index in [0.717, 1.165) is 28.0 Å². The van der Waals surface area contributed by atoms with Crippen LogP contribution in [0.2, 0.25) is 0 Å². The van der Waals surface area contributed by atoms with Gasteiger partial charge in [-0.1, -0.05) is 64.4 Å². The van der Waals surface area contributed by atoms with Gasteiger partial charge in [-0.3, -0.25) is 4.40 Å². The summed E-state index contributed by atoms with van der Waals surface area (Å²) < 4.78 is 7.38. The number of rotatable bonds is 4. The lowest BCUT2D eigenvalue weighted by Crippen LogP contribution is -2.24. The Labute approximate surface area is 227 Å². The number of fused-ring (bicyclic) bond motifs is 1. The Hall–Kier alpha value is -3.69.